The predicted molar refractivity (Wildman–Crippen MR) is 77.4 cm³/mol. The van der Waals surface area contributed by atoms with E-state index in [1.165, 1.54) is 4.68 Å². The Labute approximate surface area is 122 Å². The van der Waals surface area contributed by atoms with Gasteiger partial charge in [0.1, 0.15) is 18.1 Å². The number of aromatic nitrogens is 3. The fourth-order valence-electron chi connectivity index (χ4n) is 2.08. The van der Waals surface area contributed by atoms with E-state index < -0.39 is 5.97 Å². The van der Waals surface area contributed by atoms with Crippen molar-refractivity contribution in [2.24, 2.45) is 0 Å². The summed E-state index contributed by atoms with van der Waals surface area (Å²) in [6.07, 6.45) is 1.63. The first-order chi connectivity index (χ1) is 10.0. The summed E-state index contributed by atoms with van der Waals surface area (Å²) in [5.74, 6) is -0.370. The second-order valence-corrected chi connectivity index (χ2v) is 4.67. The lowest BCUT2D eigenvalue weighted by Crippen LogP contribution is -2.11. The number of carboxylic acid groups (broad SMARTS) is 1. The molecule has 0 atom stereocenters. The highest BCUT2D eigenvalue weighted by Crippen LogP contribution is 2.23. The van der Waals surface area contributed by atoms with Gasteiger partial charge in [-0.05, 0) is 25.0 Å². The van der Waals surface area contributed by atoms with Gasteiger partial charge < -0.3 is 9.84 Å². The molecule has 1 aromatic heterocycles. The van der Waals surface area contributed by atoms with Crippen molar-refractivity contribution in [1.29, 1.82) is 0 Å². The number of aryl methyl sites for hydroxylation is 2. The van der Waals surface area contributed by atoms with Gasteiger partial charge in [0.2, 0.25) is 0 Å². The van der Waals surface area contributed by atoms with Crippen molar-refractivity contribution in [2.45, 2.75) is 27.0 Å². The van der Waals surface area contributed by atoms with Gasteiger partial charge in [-0.1, -0.05) is 29.5 Å². The molecule has 21 heavy (non-hydrogen) atoms. The van der Waals surface area contributed by atoms with Crippen LogP contribution in [0.1, 0.15) is 27.3 Å². The molecule has 0 saturated carbocycles. The fourth-order valence-corrected chi connectivity index (χ4v) is 2.08. The van der Waals surface area contributed by atoms with Crippen molar-refractivity contribution in [3.8, 4) is 5.75 Å². The average Bonchev–Trinajstić information content (AvgIpc) is 2.82. The Balaban J connectivity index is 2.28. The molecule has 1 heterocycles. The minimum absolute atomic E-state index is 0.0914. The summed E-state index contributed by atoms with van der Waals surface area (Å²) >= 11 is 0. The van der Waals surface area contributed by atoms with Gasteiger partial charge in [-0.25, -0.2) is 9.48 Å². The number of hydrogen-bond donors (Lipinski definition) is 1. The lowest BCUT2D eigenvalue weighted by molar-refractivity contribution is 0.0687. The van der Waals surface area contributed by atoms with Crippen LogP contribution in [0.3, 0.4) is 0 Å². The second-order valence-electron chi connectivity index (χ2n) is 4.67. The summed E-state index contributed by atoms with van der Waals surface area (Å²) in [7, 11) is 0. The van der Waals surface area contributed by atoms with E-state index in [9.17, 15) is 4.79 Å². The molecule has 1 aromatic carbocycles. The molecule has 2 aromatic rings. The Bertz CT molecular complexity index is 657. The van der Waals surface area contributed by atoms with Crippen molar-refractivity contribution in [2.75, 3.05) is 0 Å². The second kappa shape index (κ2) is 6.21. The van der Waals surface area contributed by atoms with Gasteiger partial charge in [-0.3, -0.25) is 0 Å². The molecule has 6 nitrogen and oxygen atoms in total. The maximum Gasteiger partial charge on any atom is 0.358 e. The largest absolute Gasteiger partial charge is 0.487 e. The molecule has 0 unspecified atom stereocenters. The number of hydrogen-bond acceptors (Lipinski definition) is 4. The SMILES string of the molecule is C=CCn1nnc(C(=O)O)c1COc1c(C)cccc1C. The summed E-state index contributed by atoms with van der Waals surface area (Å²) in [5.41, 5.74) is 2.32. The number of ether oxygens (including phenoxy) is 1. The van der Waals surface area contributed by atoms with Crippen molar-refractivity contribution in [3.63, 3.8) is 0 Å². The molecular formula is C15H17N3O3. The van der Waals surface area contributed by atoms with Gasteiger partial charge in [-0.2, -0.15) is 0 Å². The van der Waals surface area contributed by atoms with Gasteiger partial charge in [0.05, 0.1) is 6.54 Å². The summed E-state index contributed by atoms with van der Waals surface area (Å²) in [6.45, 7) is 7.98. The van der Waals surface area contributed by atoms with Crippen LogP contribution in [0.2, 0.25) is 0 Å². The van der Waals surface area contributed by atoms with Gasteiger partial charge in [0, 0.05) is 0 Å². The number of nitrogens with zero attached hydrogens (tertiary/aromatic N) is 3. The van der Waals surface area contributed by atoms with E-state index >= 15 is 0 Å². The van der Waals surface area contributed by atoms with E-state index in [1.807, 2.05) is 32.0 Å². The number of aromatic carboxylic acids is 1. The standard InChI is InChI=1S/C15H17N3O3/c1-4-8-18-12(13(15(19)20)16-17-18)9-21-14-10(2)6-5-7-11(14)3/h4-7H,1,8-9H2,2-3H3,(H,19,20). The van der Waals surface area contributed by atoms with Crippen molar-refractivity contribution < 1.29 is 14.6 Å². The van der Waals surface area contributed by atoms with Crippen LogP contribution in [-0.4, -0.2) is 26.1 Å². The van der Waals surface area contributed by atoms with Crippen LogP contribution >= 0.6 is 0 Å². The summed E-state index contributed by atoms with van der Waals surface area (Å²) in [5, 5.41) is 16.7. The monoisotopic (exact) mass is 287 g/mol. The molecular weight excluding hydrogens is 270 g/mol. The topological polar surface area (TPSA) is 77.2 Å². The van der Waals surface area contributed by atoms with Crippen LogP contribution in [0.25, 0.3) is 0 Å². The first-order valence-corrected chi connectivity index (χ1v) is 6.50. The molecule has 110 valence electrons. The maximum absolute atomic E-state index is 11.2. The minimum atomic E-state index is -1.12. The first kappa shape index (κ1) is 14.8. The number of allylic oxidation sites excluding steroid dienone is 1. The zero-order valence-electron chi connectivity index (χ0n) is 12.0. The summed E-state index contributed by atoms with van der Waals surface area (Å²) in [4.78, 5) is 11.2. The third kappa shape index (κ3) is 3.10. The van der Waals surface area contributed by atoms with Gasteiger partial charge in [0.25, 0.3) is 0 Å². The Kier molecular flexibility index (Phi) is 4.37. The number of carboxylic acids is 1. The normalized spacial score (nSPS) is 10.4. The van der Waals surface area contributed by atoms with Crippen LogP contribution < -0.4 is 4.74 Å². The van der Waals surface area contributed by atoms with E-state index in [-0.39, 0.29) is 12.3 Å². The van der Waals surface area contributed by atoms with Crippen molar-refractivity contribution >= 4 is 5.97 Å². The fraction of sp³-hybridized carbons (Fsp3) is 0.267. The highest BCUT2D eigenvalue weighted by Gasteiger charge is 2.19. The Hall–Kier alpha value is -2.63. The van der Waals surface area contributed by atoms with E-state index in [1.54, 1.807) is 6.08 Å². The average molecular weight is 287 g/mol. The zero-order valence-corrected chi connectivity index (χ0v) is 12.0. The zero-order chi connectivity index (χ0) is 15.4. The highest BCUT2D eigenvalue weighted by atomic mass is 16.5. The van der Waals surface area contributed by atoms with Gasteiger partial charge in [0.15, 0.2) is 5.69 Å². The summed E-state index contributed by atoms with van der Waals surface area (Å²) in [6, 6.07) is 5.84. The quantitative estimate of drug-likeness (QED) is 0.825. The van der Waals surface area contributed by atoms with Crippen LogP contribution in [0, 0.1) is 13.8 Å². The number of rotatable bonds is 6. The van der Waals surface area contributed by atoms with Crippen molar-refractivity contribution in [3.05, 3.63) is 53.4 Å². The molecule has 0 saturated heterocycles. The third-order valence-corrected chi connectivity index (χ3v) is 3.10. The molecule has 1 N–H and O–H groups in total. The molecule has 0 aliphatic carbocycles. The van der Waals surface area contributed by atoms with Gasteiger partial charge in [-0.15, -0.1) is 11.7 Å². The number of para-hydroxylation sites is 1. The molecule has 0 spiro atoms. The molecule has 0 aliphatic heterocycles. The molecule has 0 amide bonds. The first-order valence-electron chi connectivity index (χ1n) is 6.50. The molecule has 0 fully saturated rings. The number of carbonyl (C=O) groups is 1. The number of benzene rings is 1. The molecule has 6 heteroatoms. The maximum atomic E-state index is 11.2. The molecule has 2 rings (SSSR count). The van der Waals surface area contributed by atoms with E-state index in [0.29, 0.717) is 12.2 Å². The smallest absolute Gasteiger partial charge is 0.358 e. The van der Waals surface area contributed by atoms with Crippen LogP contribution in [0.4, 0.5) is 0 Å². The molecule has 0 radical (unpaired) electrons. The van der Waals surface area contributed by atoms with E-state index in [4.69, 9.17) is 9.84 Å². The Morgan fingerprint density at radius 2 is 2.10 bits per heavy atom. The third-order valence-electron chi connectivity index (χ3n) is 3.10. The highest BCUT2D eigenvalue weighted by molar-refractivity contribution is 5.86. The van der Waals surface area contributed by atoms with Crippen LogP contribution in [0.5, 0.6) is 5.75 Å². The minimum Gasteiger partial charge on any atom is -0.487 e. The van der Waals surface area contributed by atoms with E-state index in [2.05, 4.69) is 16.9 Å². The Morgan fingerprint density at radius 3 is 2.67 bits per heavy atom. The van der Waals surface area contributed by atoms with Crippen molar-refractivity contribution in [1.82, 2.24) is 15.0 Å². The lowest BCUT2D eigenvalue weighted by Gasteiger charge is -2.12. The van der Waals surface area contributed by atoms with Gasteiger partial charge >= 0.3 is 5.97 Å². The lowest BCUT2D eigenvalue weighted by atomic mass is 10.1. The molecule has 0 bridgehead atoms. The van der Waals surface area contributed by atoms with E-state index in [0.717, 1.165) is 16.9 Å². The Morgan fingerprint density at radius 1 is 1.43 bits per heavy atom. The summed E-state index contributed by atoms with van der Waals surface area (Å²) < 4.78 is 7.27. The predicted octanol–water partition coefficient (Wildman–Crippen LogP) is 2.36. The van der Waals surface area contributed by atoms with Crippen LogP contribution in [-0.2, 0) is 13.2 Å². The van der Waals surface area contributed by atoms with Crippen LogP contribution in [0.15, 0.2) is 30.9 Å². The molecule has 0 aliphatic rings.